The molecule has 3 nitrogen and oxygen atoms in total. The Morgan fingerprint density at radius 1 is 1.29 bits per heavy atom. The molecule has 0 aromatic heterocycles. The SMILES string of the molecule is CC1(C)[C@@H]2C[C@H]3OB(CCN)O[C@@]3(C)[C@H]1C2.Cl. The molecule has 2 N–H and O–H groups in total. The zero-order valence-corrected chi connectivity index (χ0v) is 11.8. The summed E-state index contributed by atoms with van der Waals surface area (Å²) in [4.78, 5) is 0. The Morgan fingerprint density at radius 2 is 2.00 bits per heavy atom. The molecule has 0 aromatic carbocycles. The van der Waals surface area contributed by atoms with Crippen molar-refractivity contribution in [2.75, 3.05) is 6.54 Å². The van der Waals surface area contributed by atoms with Crippen molar-refractivity contribution in [3.63, 3.8) is 0 Å². The van der Waals surface area contributed by atoms with E-state index in [9.17, 15) is 0 Å². The average Bonchev–Trinajstić information content (AvgIpc) is 2.53. The molecular weight excluding hydrogens is 236 g/mol. The minimum atomic E-state index is -0.0600. The van der Waals surface area contributed by atoms with E-state index in [1.165, 1.54) is 12.8 Å². The van der Waals surface area contributed by atoms with Gasteiger partial charge in [0, 0.05) is 0 Å². The molecule has 98 valence electrons. The predicted octanol–water partition coefficient (Wildman–Crippen LogP) is 2.10. The fraction of sp³-hybridized carbons (Fsp3) is 1.00. The monoisotopic (exact) mass is 259 g/mol. The quantitative estimate of drug-likeness (QED) is 0.773. The van der Waals surface area contributed by atoms with Crippen LogP contribution in [-0.4, -0.2) is 25.4 Å². The Hall–Kier alpha value is 0.235. The molecule has 0 unspecified atom stereocenters. The van der Waals surface area contributed by atoms with Crippen LogP contribution < -0.4 is 5.73 Å². The van der Waals surface area contributed by atoms with E-state index in [-0.39, 0.29) is 25.1 Å². The highest BCUT2D eigenvalue weighted by molar-refractivity contribution is 6.45. The van der Waals surface area contributed by atoms with Gasteiger partial charge in [0.2, 0.25) is 0 Å². The van der Waals surface area contributed by atoms with E-state index in [4.69, 9.17) is 15.0 Å². The van der Waals surface area contributed by atoms with E-state index in [1.54, 1.807) is 0 Å². The standard InChI is InChI=1S/C12H22BNO2.ClH/c1-11(2)8-6-9(11)12(3)10(7-8)15-13(16-12)4-5-14;/h8-10H,4-7,14H2,1-3H3;1H/t8-,9-,10+,12-;/m0./s1. The summed E-state index contributed by atoms with van der Waals surface area (Å²) < 4.78 is 12.2. The van der Waals surface area contributed by atoms with Crippen LogP contribution in [0, 0.1) is 17.3 Å². The predicted molar refractivity (Wildman–Crippen MR) is 71.2 cm³/mol. The Labute approximate surface area is 110 Å². The second kappa shape index (κ2) is 4.12. The highest BCUT2D eigenvalue weighted by Gasteiger charge is 2.67. The lowest BCUT2D eigenvalue weighted by molar-refractivity contribution is -0.199. The normalized spacial score (nSPS) is 45.9. The van der Waals surface area contributed by atoms with Gasteiger partial charge in [0.1, 0.15) is 0 Å². The maximum absolute atomic E-state index is 6.18. The first-order chi connectivity index (χ1) is 7.48. The van der Waals surface area contributed by atoms with Crippen molar-refractivity contribution < 1.29 is 9.31 Å². The van der Waals surface area contributed by atoms with Gasteiger partial charge in [-0.2, -0.15) is 0 Å². The van der Waals surface area contributed by atoms with Crippen LogP contribution in [0.15, 0.2) is 0 Å². The van der Waals surface area contributed by atoms with Gasteiger partial charge in [0.15, 0.2) is 0 Å². The van der Waals surface area contributed by atoms with Crippen molar-refractivity contribution in [1.82, 2.24) is 0 Å². The van der Waals surface area contributed by atoms with E-state index >= 15 is 0 Å². The summed E-state index contributed by atoms with van der Waals surface area (Å²) in [5.74, 6) is 1.49. The number of nitrogens with two attached hydrogens (primary N) is 1. The van der Waals surface area contributed by atoms with Crippen molar-refractivity contribution in [3.05, 3.63) is 0 Å². The summed E-state index contributed by atoms with van der Waals surface area (Å²) in [6, 6.07) is 0. The highest BCUT2D eigenvalue weighted by atomic mass is 35.5. The molecule has 4 fully saturated rings. The number of hydrogen-bond acceptors (Lipinski definition) is 3. The molecule has 0 spiro atoms. The third-order valence-corrected chi connectivity index (χ3v) is 5.40. The van der Waals surface area contributed by atoms with Gasteiger partial charge in [-0.3, -0.25) is 0 Å². The van der Waals surface area contributed by atoms with Crippen LogP contribution in [0.4, 0.5) is 0 Å². The van der Waals surface area contributed by atoms with E-state index in [2.05, 4.69) is 20.8 Å². The zero-order valence-electron chi connectivity index (χ0n) is 10.9. The van der Waals surface area contributed by atoms with Gasteiger partial charge in [0.25, 0.3) is 0 Å². The second-order valence-corrected chi connectivity index (χ2v) is 6.48. The van der Waals surface area contributed by atoms with Crippen molar-refractivity contribution in [2.45, 2.75) is 51.6 Å². The lowest BCUT2D eigenvalue weighted by Gasteiger charge is -2.64. The highest BCUT2D eigenvalue weighted by Crippen LogP contribution is 2.65. The van der Waals surface area contributed by atoms with E-state index in [1.807, 2.05) is 0 Å². The summed E-state index contributed by atoms with van der Waals surface area (Å²) >= 11 is 0. The van der Waals surface area contributed by atoms with Crippen molar-refractivity contribution in [1.29, 1.82) is 0 Å². The first-order valence-corrected chi connectivity index (χ1v) is 6.52. The summed E-state index contributed by atoms with van der Waals surface area (Å²) in [5.41, 5.74) is 5.96. The average molecular weight is 260 g/mol. The minimum Gasteiger partial charge on any atom is -0.405 e. The van der Waals surface area contributed by atoms with Crippen LogP contribution >= 0.6 is 12.4 Å². The third-order valence-electron chi connectivity index (χ3n) is 5.40. The molecule has 1 saturated heterocycles. The molecular formula is C12H23BClNO2. The number of hydrogen-bond donors (Lipinski definition) is 1. The van der Waals surface area contributed by atoms with Crippen molar-refractivity contribution in [3.8, 4) is 0 Å². The molecule has 1 heterocycles. The van der Waals surface area contributed by atoms with Gasteiger partial charge >= 0.3 is 7.12 Å². The van der Waals surface area contributed by atoms with Crippen LogP contribution in [-0.2, 0) is 9.31 Å². The fourth-order valence-corrected chi connectivity index (χ4v) is 4.21. The molecule has 4 atom stereocenters. The lowest BCUT2D eigenvalue weighted by Crippen LogP contribution is -2.65. The fourth-order valence-electron chi connectivity index (χ4n) is 4.21. The molecule has 3 saturated carbocycles. The van der Waals surface area contributed by atoms with E-state index in [0.717, 1.165) is 12.2 Å². The molecule has 0 amide bonds. The molecule has 3 aliphatic carbocycles. The summed E-state index contributed by atoms with van der Waals surface area (Å²) in [6.45, 7) is 7.65. The third kappa shape index (κ3) is 1.68. The molecule has 5 heteroatoms. The molecule has 1 aliphatic heterocycles. The van der Waals surface area contributed by atoms with Gasteiger partial charge in [-0.1, -0.05) is 13.8 Å². The Balaban J connectivity index is 0.00000108. The Kier molecular flexibility index (Phi) is 3.31. The Bertz CT molecular complexity index is 315. The largest absolute Gasteiger partial charge is 0.458 e. The number of halogens is 1. The van der Waals surface area contributed by atoms with Crippen LogP contribution in [0.2, 0.25) is 6.32 Å². The van der Waals surface area contributed by atoms with Crippen LogP contribution in [0.5, 0.6) is 0 Å². The Morgan fingerprint density at radius 3 is 2.59 bits per heavy atom. The van der Waals surface area contributed by atoms with Crippen molar-refractivity contribution in [2.24, 2.45) is 23.0 Å². The smallest absolute Gasteiger partial charge is 0.405 e. The van der Waals surface area contributed by atoms with Gasteiger partial charge in [-0.25, -0.2) is 0 Å². The first-order valence-electron chi connectivity index (χ1n) is 6.52. The summed E-state index contributed by atoms with van der Waals surface area (Å²) in [5, 5.41) is 0. The lowest BCUT2D eigenvalue weighted by atomic mass is 9.43. The molecule has 0 radical (unpaired) electrons. The van der Waals surface area contributed by atoms with Gasteiger partial charge in [0.05, 0.1) is 11.7 Å². The summed E-state index contributed by atoms with van der Waals surface area (Å²) in [7, 11) is -0.0600. The van der Waals surface area contributed by atoms with Crippen LogP contribution in [0.1, 0.15) is 33.6 Å². The van der Waals surface area contributed by atoms with Gasteiger partial charge in [-0.15, -0.1) is 12.4 Å². The summed E-state index contributed by atoms with van der Waals surface area (Å²) in [6.07, 6.45) is 3.62. The maximum atomic E-state index is 6.18. The first kappa shape index (κ1) is 13.7. The van der Waals surface area contributed by atoms with Crippen molar-refractivity contribution >= 4 is 19.5 Å². The van der Waals surface area contributed by atoms with Crippen LogP contribution in [0.25, 0.3) is 0 Å². The molecule has 2 bridgehead atoms. The van der Waals surface area contributed by atoms with Gasteiger partial charge in [-0.05, 0) is 49.9 Å². The maximum Gasteiger partial charge on any atom is 0.458 e. The molecule has 0 aromatic rings. The molecule has 4 rings (SSSR count). The van der Waals surface area contributed by atoms with E-state index < -0.39 is 0 Å². The molecule has 4 aliphatic rings. The van der Waals surface area contributed by atoms with E-state index in [0.29, 0.717) is 24.0 Å². The topological polar surface area (TPSA) is 44.5 Å². The van der Waals surface area contributed by atoms with Gasteiger partial charge < -0.3 is 15.0 Å². The second-order valence-electron chi connectivity index (χ2n) is 6.48. The zero-order chi connectivity index (χ0) is 11.6. The minimum absolute atomic E-state index is 0. The molecule has 17 heavy (non-hydrogen) atoms. The van der Waals surface area contributed by atoms with Crippen LogP contribution in [0.3, 0.4) is 0 Å². The number of rotatable bonds is 2.